The van der Waals surface area contributed by atoms with E-state index < -0.39 is 0 Å². The van der Waals surface area contributed by atoms with E-state index in [4.69, 9.17) is 4.74 Å². The van der Waals surface area contributed by atoms with Crippen LogP contribution in [0.5, 0.6) is 0 Å². The quantitative estimate of drug-likeness (QED) is 0.526. The van der Waals surface area contributed by atoms with Crippen molar-refractivity contribution in [2.24, 2.45) is 0 Å². The third-order valence-electron chi connectivity index (χ3n) is 1.49. The predicted octanol–water partition coefficient (Wildman–Crippen LogP) is 2.85. The summed E-state index contributed by atoms with van der Waals surface area (Å²) in [5.74, 6) is 0. The molecule has 1 fully saturated rings. The summed E-state index contributed by atoms with van der Waals surface area (Å²) in [6.45, 7) is 4.33. The maximum Gasteiger partial charge on any atom is 0.0839 e. The molecule has 0 aromatic carbocycles. The molecule has 9 heavy (non-hydrogen) atoms. The first-order chi connectivity index (χ1) is 3.38. The van der Waals surface area contributed by atoms with E-state index in [2.05, 4.69) is 13.8 Å². The highest BCUT2D eigenvalue weighted by molar-refractivity contribution is 4.81. The maximum absolute atomic E-state index is 5.22. The van der Waals surface area contributed by atoms with Gasteiger partial charge < -0.3 is 4.74 Å². The molecule has 1 rings (SSSR count). The Morgan fingerprint density at radius 2 is 1.33 bits per heavy atom. The molecule has 0 aromatic rings. The van der Waals surface area contributed by atoms with Crippen molar-refractivity contribution >= 4 is 0 Å². The standard InChI is InChI=1S/C6H12O.2CH4/c1-3-5-6(4-2)7-5;;/h5-6H,3-4H2,1-2H3;2*1H4. The summed E-state index contributed by atoms with van der Waals surface area (Å²) in [7, 11) is 0. The number of hydrogen-bond donors (Lipinski definition) is 0. The van der Waals surface area contributed by atoms with E-state index in [0.29, 0.717) is 12.2 Å². The van der Waals surface area contributed by atoms with Gasteiger partial charge in [0, 0.05) is 0 Å². The molecule has 0 amide bonds. The fourth-order valence-corrected chi connectivity index (χ4v) is 0.897. The molecule has 2 atom stereocenters. The number of epoxide rings is 1. The summed E-state index contributed by atoms with van der Waals surface area (Å²) < 4.78 is 5.22. The zero-order chi connectivity index (χ0) is 5.28. The fraction of sp³-hybridized carbons (Fsp3) is 1.00. The SMILES string of the molecule is C.C.CCC1OC1CC. The monoisotopic (exact) mass is 132 g/mol. The first-order valence-electron chi connectivity index (χ1n) is 3.04. The Morgan fingerprint density at radius 3 is 1.44 bits per heavy atom. The van der Waals surface area contributed by atoms with Crippen LogP contribution in [0.3, 0.4) is 0 Å². The number of rotatable bonds is 2. The summed E-state index contributed by atoms with van der Waals surface area (Å²) in [5, 5.41) is 0. The van der Waals surface area contributed by atoms with Crippen LogP contribution in [0.15, 0.2) is 0 Å². The van der Waals surface area contributed by atoms with Crippen LogP contribution in [-0.2, 0) is 4.74 Å². The molecule has 2 unspecified atom stereocenters. The van der Waals surface area contributed by atoms with E-state index in [1.165, 1.54) is 12.8 Å². The Balaban J connectivity index is 0. The second kappa shape index (κ2) is 4.80. The summed E-state index contributed by atoms with van der Waals surface area (Å²) in [6, 6.07) is 0. The van der Waals surface area contributed by atoms with Gasteiger partial charge in [0.1, 0.15) is 0 Å². The second-order valence-corrected chi connectivity index (χ2v) is 2.03. The number of hydrogen-bond acceptors (Lipinski definition) is 1. The Bertz CT molecular complexity index is 53.6. The van der Waals surface area contributed by atoms with Crippen LogP contribution < -0.4 is 0 Å². The minimum Gasteiger partial charge on any atom is -0.370 e. The van der Waals surface area contributed by atoms with Crippen molar-refractivity contribution in [2.45, 2.75) is 53.8 Å². The van der Waals surface area contributed by atoms with Gasteiger partial charge in [-0.3, -0.25) is 0 Å². The normalized spacial score (nSPS) is 30.0. The summed E-state index contributed by atoms with van der Waals surface area (Å²) in [5.41, 5.74) is 0. The lowest BCUT2D eigenvalue weighted by atomic mass is 10.2. The van der Waals surface area contributed by atoms with Crippen LogP contribution >= 0.6 is 0 Å². The number of ether oxygens (including phenoxy) is 1. The molecule has 0 aliphatic carbocycles. The lowest BCUT2D eigenvalue weighted by Gasteiger charge is -1.77. The Kier molecular flexibility index (Phi) is 6.25. The topological polar surface area (TPSA) is 12.5 Å². The van der Waals surface area contributed by atoms with Crippen LogP contribution in [0.2, 0.25) is 0 Å². The van der Waals surface area contributed by atoms with Gasteiger partial charge in [0.05, 0.1) is 12.2 Å². The van der Waals surface area contributed by atoms with Crippen LogP contribution in [-0.4, -0.2) is 12.2 Å². The first-order valence-corrected chi connectivity index (χ1v) is 3.04. The Hall–Kier alpha value is -0.0400. The van der Waals surface area contributed by atoms with Crippen molar-refractivity contribution in [1.82, 2.24) is 0 Å². The molecule has 0 spiro atoms. The minimum atomic E-state index is 0. The average molecular weight is 132 g/mol. The van der Waals surface area contributed by atoms with E-state index in [1.54, 1.807) is 0 Å². The van der Waals surface area contributed by atoms with Gasteiger partial charge in [-0.2, -0.15) is 0 Å². The molecule has 58 valence electrons. The van der Waals surface area contributed by atoms with E-state index in [9.17, 15) is 0 Å². The molecule has 0 N–H and O–H groups in total. The van der Waals surface area contributed by atoms with Crippen molar-refractivity contribution in [3.05, 3.63) is 0 Å². The summed E-state index contributed by atoms with van der Waals surface area (Å²) in [4.78, 5) is 0. The van der Waals surface area contributed by atoms with Crippen molar-refractivity contribution in [1.29, 1.82) is 0 Å². The van der Waals surface area contributed by atoms with Gasteiger partial charge in [0.15, 0.2) is 0 Å². The fourth-order valence-electron chi connectivity index (χ4n) is 0.897. The molecule has 0 radical (unpaired) electrons. The molecule has 1 aliphatic rings. The molecular weight excluding hydrogens is 112 g/mol. The third kappa shape index (κ3) is 2.85. The largest absolute Gasteiger partial charge is 0.370 e. The molecular formula is C8H20O. The van der Waals surface area contributed by atoms with Gasteiger partial charge in [-0.25, -0.2) is 0 Å². The molecule has 0 aromatic heterocycles. The van der Waals surface area contributed by atoms with Crippen LogP contribution in [0.25, 0.3) is 0 Å². The highest BCUT2D eigenvalue weighted by Crippen LogP contribution is 2.26. The molecule has 0 saturated carbocycles. The van der Waals surface area contributed by atoms with Crippen molar-refractivity contribution in [3.8, 4) is 0 Å². The Labute approximate surface area is 59.4 Å². The maximum atomic E-state index is 5.22. The van der Waals surface area contributed by atoms with Gasteiger partial charge in [-0.1, -0.05) is 28.7 Å². The lowest BCUT2D eigenvalue weighted by Crippen LogP contribution is -1.87. The highest BCUT2D eigenvalue weighted by Gasteiger charge is 2.34. The Morgan fingerprint density at radius 1 is 1.00 bits per heavy atom. The van der Waals surface area contributed by atoms with Gasteiger partial charge >= 0.3 is 0 Å². The molecule has 1 heterocycles. The molecule has 1 aliphatic heterocycles. The predicted molar refractivity (Wildman–Crippen MR) is 42.7 cm³/mol. The van der Waals surface area contributed by atoms with Gasteiger partial charge in [0.2, 0.25) is 0 Å². The van der Waals surface area contributed by atoms with Crippen molar-refractivity contribution < 1.29 is 4.74 Å². The molecule has 1 nitrogen and oxygen atoms in total. The molecule has 1 saturated heterocycles. The van der Waals surface area contributed by atoms with Crippen LogP contribution in [0, 0.1) is 0 Å². The smallest absolute Gasteiger partial charge is 0.0839 e. The van der Waals surface area contributed by atoms with Gasteiger partial charge in [-0.05, 0) is 12.8 Å². The van der Waals surface area contributed by atoms with E-state index in [1.807, 2.05) is 0 Å². The van der Waals surface area contributed by atoms with Crippen LogP contribution in [0.4, 0.5) is 0 Å². The van der Waals surface area contributed by atoms with Gasteiger partial charge in [0.25, 0.3) is 0 Å². The highest BCUT2D eigenvalue weighted by atomic mass is 16.6. The van der Waals surface area contributed by atoms with E-state index in [0.717, 1.165) is 0 Å². The molecule has 1 heteroatoms. The average Bonchev–Trinajstić information content (AvgIpc) is 2.43. The summed E-state index contributed by atoms with van der Waals surface area (Å²) in [6.07, 6.45) is 3.62. The zero-order valence-corrected chi connectivity index (χ0v) is 4.98. The first kappa shape index (κ1) is 11.7. The van der Waals surface area contributed by atoms with Crippen molar-refractivity contribution in [2.75, 3.05) is 0 Å². The lowest BCUT2D eigenvalue weighted by molar-refractivity contribution is 0.363. The zero-order valence-electron chi connectivity index (χ0n) is 4.98. The van der Waals surface area contributed by atoms with E-state index in [-0.39, 0.29) is 14.9 Å². The summed E-state index contributed by atoms with van der Waals surface area (Å²) >= 11 is 0. The van der Waals surface area contributed by atoms with E-state index >= 15 is 0 Å². The van der Waals surface area contributed by atoms with Gasteiger partial charge in [-0.15, -0.1) is 0 Å². The minimum absolute atomic E-state index is 0. The van der Waals surface area contributed by atoms with Crippen molar-refractivity contribution in [3.63, 3.8) is 0 Å². The third-order valence-corrected chi connectivity index (χ3v) is 1.49. The second-order valence-electron chi connectivity index (χ2n) is 2.03. The van der Waals surface area contributed by atoms with Crippen LogP contribution in [0.1, 0.15) is 41.5 Å². The molecule has 0 bridgehead atoms.